The van der Waals surface area contributed by atoms with Gasteiger partial charge in [0.05, 0.1) is 13.7 Å². The largest absolute Gasteiger partial charge is 0.508 e. The molecule has 0 bridgehead atoms. The van der Waals surface area contributed by atoms with E-state index in [4.69, 9.17) is 9.47 Å². The van der Waals surface area contributed by atoms with Gasteiger partial charge in [-0.3, -0.25) is 0 Å². The third-order valence-corrected chi connectivity index (χ3v) is 3.69. The molecule has 0 radical (unpaired) electrons. The highest BCUT2D eigenvalue weighted by Crippen LogP contribution is 2.28. The third kappa shape index (κ3) is 5.31. The summed E-state index contributed by atoms with van der Waals surface area (Å²) < 4.78 is 10.8. The molecule has 134 valence electrons. The molecule has 25 heavy (non-hydrogen) atoms. The number of ether oxygens (including phenoxy) is 2. The molecule has 0 aromatic heterocycles. The van der Waals surface area contributed by atoms with Crippen LogP contribution in [0.4, 0.5) is 10.5 Å². The van der Waals surface area contributed by atoms with Gasteiger partial charge < -0.3 is 25.2 Å². The Labute approximate surface area is 147 Å². The van der Waals surface area contributed by atoms with E-state index in [9.17, 15) is 9.90 Å². The Bertz CT molecular complexity index is 731. The summed E-state index contributed by atoms with van der Waals surface area (Å²) in [7, 11) is 1.60. The number of phenolic OH excluding ortho intramolecular Hbond substituents is 1. The van der Waals surface area contributed by atoms with Crippen LogP contribution in [-0.4, -0.2) is 31.4 Å². The summed E-state index contributed by atoms with van der Waals surface area (Å²) >= 11 is 0. The van der Waals surface area contributed by atoms with Crippen LogP contribution in [0.15, 0.2) is 36.4 Å². The number of hydrogen-bond donors (Lipinski definition) is 3. The number of urea groups is 1. The lowest BCUT2D eigenvalue weighted by molar-refractivity contribution is 0.252. The van der Waals surface area contributed by atoms with Gasteiger partial charge >= 0.3 is 6.03 Å². The zero-order valence-corrected chi connectivity index (χ0v) is 14.8. The van der Waals surface area contributed by atoms with Crippen LogP contribution in [0.2, 0.25) is 0 Å². The van der Waals surface area contributed by atoms with Crippen molar-refractivity contribution in [3.8, 4) is 17.2 Å². The molecule has 2 amide bonds. The Morgan fingerprint density at radius 2 is 1.96 bits per heavy atom. The van der Waals surface area contributed by atoms with Crippen molar-refractivity contribution in [1.82, 2.24) is 5.32 Å². The number of aromatic hydroxyl groups is 1. The number of carbonyl (C=O) groups excluding carboxylic acids is 1. The fourth-order valence-corrected chi connectivity index (χ4v) is 2.42. The molecule has 0 fully saturated rings. The minimum atomic E-state index is -0.285. The molecule has 0 heterocycles. The summed E-state index contributed by atoms with van der Waals surface area (Å²) in [6.07, 6.45) is 0.671. The van der Waals surface area contributed by atoms with Crippen LogP contribution < -0.4 is 20.1 Å². The molecule has 0 atom stereocenters. The summed E-state index contributed by atoms with van der Waals surface area (Å²) in [4.78, 5) is 12.0. The summed E-state index contributed by atoms with van der Waals surface area (Å²) in [5.41, 5.74) is 2.51. The van der Waals surface area contributed by atoms with E-state index < -0.39 is 0 Å². The highest BCUT2D eigenvalue weighted by Gasteiger charge is 2.07. The van der Waals surface area contributed by atoms with Crippen molar-refractivity contribution < 1.29 is 19.4 Å². The number of phenols is 1. The summed E-state index contributed by atoms with van der Waals surface area (Å²) in [6.45, 7) is 4.81. The first-order valence-corrected chi connectivity index (χ1v) is 8.17. The maximum absolute atomic E-state index is 12.0. The van der Waals surface area contributed by atoms with Crippen LogP contribution in [-0.2, 0) is 6.42 Å². The van der Waals surface area contributed by atoms with Gasteiger partial charge in [-0.1, -0.05) is 6.07 Å². The maximum Gasteiger partial charge on any atom is 0.319 e. The Balaban J connectivity index is 1.86. The number of hydrogen-bond acceptors (Lipinski definition) is 4. The number of methoxy groups -OCH3 is 1. The van der Waals surface area contributed by atoms with Gasteiger partial charge in [0.2, 0.25) is 0 Å². The van der Waals surface area contributed by atoms with Crippen LogP contribution in [0.5, 0.6) is 17.2 Å². The molecule has 0 saturated carbocycles. The van der Waals surface area contributed by atoms with Crippen molar-refractivity contribution in [3.05, 3.63) is 47.5 Å². The van der Waals surface area contributed by atoms with Crippen molar-refractivity contribution >= 4 is 11.7 Å². The molecule has 0 aliphatic carbocycles. The lowest BCUT2D eigenvalue weighted by Crippen LogP contribution is -2.30. The Morgan fingerprint density at radius 1 is 1.16 bits per heavy atom. The van der Waals surface area contributed by atoms with E-state index in [1.54, 1.807) is 19.2 Å². The number of rotatable bonds is 7. The normalized spacial score (nSPS) is 10.2. The van der Waals surface area contributed by atoms with Crippen molar-refractivity contribution in [1.29, 1.82) is 0 Å². The highest BCUT2D eigenvalue weighted by molar-refractivity contribution is 5.90. The quantitative estimate of drug-likeness (QED) is 0.672. The molecule has 3 N–H and O–H groups in total. The molecule has 0 saturated heterocycles. The molecule has 2 rings (SSSR count). The number of carbonyl (C=O) groups is 1. The molecule has 6 nitrogen and oxygen atoms in total. The maximum atomic E-state index is 12.0. The molecule has 2 aromatic carbocycles. The van der Waals surface area contributed by atoms with Crippen LogP contribution in [0, 0.1) is 6.92 Å². The van der Waals surface area contributed by atoms with Gasteiger partial charge in [0.15, 0.2) is 11.5 Å². The van der Waals surface area contributed by atoms with E-state index in [-0.39, 0.29) is 11.8 Å². The van der Waals surface area contributed by atoms with Gasteiger partial charge in [-0.2, -0.15) is 0 Å². The van der Waals surface area contributed by atoms with Gasteiger partial charge in [-0.25, -0.2) is 4.79 Å². The van der Waals surface area contributed by atoms with Crippen LogP contribution in [0.25, 0.3) is 0 Å². The Morgan fingerprint density at radius 3 is 2.64 bits per heavy atom. The van der Waals surface area contributed by atoms with Gasteiger partial charge in [-0.05, 0) is 61.7 Å². The van der Waals surface area contributed by atoms with Crippen molar-refractivity contribution in [3.63, 3.8) is 0 Å². The van der Waals surface area contributed by atoms with Gasteiger partial charge in [-0.15, -0.1) is 0 Å². The lowest BCUT2D eigenvalue weighted by atomic mass is 10.1. The number of aryl methyl sites for hydroxylation is 1. The molecular weight excluding hydrogens is 320 g/mol. The average molecular weight is 344 g/mol. The topological polar surface area (TPSA) is 79.8 Å². The summed E-state index contributed by atoms with van der Waals surface area (Å²) in [5, 5.41) is 15.0. The minimum absolute atomic E-state index is 0.174. The smallest absolute Gasteiger partial charge is 0.319 e. The fourth-order valence-electron chi connectivity index (χ4n) is 2.42. The van der Waals surface area contributed by atoms with Crippen LogP contribution in [0.1, 0.15) is 18.1 Å². The molecule has 0 spiro atoms. The second kappa shape index (κ2) is 8.82. The Kier molecular flexibility index (Phi) is 6.51. The first-order chi connectivity index (χ1) is 12.0. The molecule has 0 aliphatic rings. The van der Waals surface area contributed by atoms with Crippen molar-refractivity contribution in [2.45, 2.75) is 20.3 Å². The summed E-state index contributed by atoms with van der Waals surface area (Å²) in [6, 6.07) is 10.3. The number of amides is 2. The number of nitrogens with one attached hydrogen (secondary N) is 2. The standard InChI is InChI=1S/C19H24N2O4/c1-4-25-17-8-5-14(12-18(17)24-3)9-10-20-19(23)21-16-7-6-15(22)11-13(16)2/h5-8,11-12,22H,4,9-10H2,1-3H3,(H2,20,21,23). The first kappa shape index (κ1) is 18.4. The van der Waals surface area contributed by atoms with Crippen LogP contribution >= 0.6 is 0 Å². The van der Waals surface area contributed by atoms with E-state index >= 15 is 0 Å². The molecule has 0 unspecified atom stereocenters. The predicted molar refractivity (Wildman–Crippen MR) is 97.7 cm³/mol. The Hall–Kier alpha value is -2.89. The molecule has 6 heteroatoms. The van der Waals surface area contributed by atoms with Gasteiger partial charge in [0, 0.05) is 12.2 Å². The SMILES string of the molecule is CCOc1ccc(CCNC(=O)Nc2ccc(O)cc2C)cc1OC. The van der Waals surface area contributed by atoms with Gasteiger partial charge in [0.25, 0.3) is 0 Å². The minimum Gasteiger partial charge on any atom is -0.508 e. The zero-order valence-electron chi connectivity index (χ0n) is 14.8. The molecular formula is C19H24N2O4. The van der Waals surface area contributed by atoms with E-state index in [1.807, 2.05) is 32.0 Å². The van der Waals surface area contributed by atoms with Crippen LogP contribution in [0.3, 0.4) is 0 Å². The molecule has 2 aromatic rings. The van der Waals surface area contributed by atoms with E-state index in [0.29, 0.717) is 36.8 Å². The molecule has 0 aliphatic heterocycles. The third-order valence-electron chi connectivity index (χ3n) is 3.69. The van der Waals surface area contributed by atoms with Gasteiger partial charge in [0.1, 0.15) is 5.75 Å². The van der Waals surface area contributed by atoms with E-state index in [0.717, 1.165) is 11.1 Å². The summed E-state index contributed by atoms with van der Waals surface area (Å²) in [5.74, 6) is 1.57. The lowest BCUT2D eigenvalue weighted by Gasteiger charge is -2.12. The highest BCUT2D eigenvalue weighted by atomic mass is 16.5. The number of benzene rings is 2. The zero-order chi connectivity index (χ0) is 18.2. The van der Waals surface area contributed by atoms with E-state index in [2.05, 4.69) is 10.6 Å². The predicted octanol–water partition coefficient (Wildman–Crippen LogP) is 3.47. The van der Waals surface area contributed by atoms with E-state index in [1.165, 1.54) is 6.07 Å². The fraction of sp³-hybridized carbons (Fsp3) is 0.316. The first-order valence-electron chi connectivity index (χ1n) is 8.17. The monoisotopic (exact) mass is 344 g/mol. The second-order valence-corrected chi connectivity index (χ2v) is 5.55. The van der Waals surface area contributed by atoms with Crippen molar-refractivity contribution in [2.75, 3.05) is 25.6 Å². The average Bonchev–Trinajstić information content (AvgIpc) is 2.59. The number of anilines is 1. The van der Waals surface area contributed by atoms with Crippen molar-refractivity contribution in [2.24, 2.45) is 0 Å². The second-order valence-electron chi connectivity index (χ2n) is 5.55.